The van der Waals surface area contributed by atoms with E-state index in [1.807, 2.05) is 0 Å². The Bertz CT molecular complexity index is 169. The summed E-state index contributed by atoms with van der Waals surface area (Å²) in [6.45, 7) is 8.89. The molecule has 2 saturated carbocycles. The predicted octanol–water partition coefficient (Wildman–Crippen LogP) is 2.85. The molecule has 2 aliphatic carbocycles. The van der Waals surface area contributed by atoms with Crippen molar-refractivity contribution in [3.8, 4) is 0 Å². The topological polar surface area (TPSA) is 0 Å². The quantitative estimate of drug-likeness (QED) is 0.449. The van der Waals surface area contributed by atoms with Gasteiger partial charge in [-0.05, 0) is 36.5 Å². The van der Waals surface area contributed by atoms with E-state index in [0.29, 0.717) is 0 Å². The van der Waals surface area contributed by atoms with E-state index in [0.717, 1.165) is 23.7 Å². The van der Waals surface area contributed by atoms with Gasteiger partial charge in [0.1, 0.15) is 0 Å². The predicted molar refractivity (Wildman–Crippen MR) is 43.7 cm³/mol. The van der Waals surface area contributed by atoms with Crippen molar-refractivity contribution in [2.75, 3.05) is 0 Å². The van der Waals surface area contributed by atoms with Crippen LogP contribution in [0.3, 0.4) is 0 Å². The third-order valence-corrected chi connectivity index (χ3v) is 3.51. The molecule has 0 aromatic carbocycles. The van der Waals surface area contributed by atoms with Gasteiger partial charge in [-0.2, -0.15) is 0 Å². The Balaban J connectivity index is 2.16. The minimum atomic E-state index is 0.921. The van der Waals surface area contributed by atoms with Crippen LogP contribution in [0.2, 0.25) is 0 Å². The maximum atomic E-state index is 4.12. The Hall–Kier alpha value is -0.260. The molecule has 0 heteroatoms. The Morgan fingerprint density at radius 1 is 1.30 bits per heavy atom. The highest BCUT2D eigenvalue weighted by Gasteiger charge is 2.47. The summed E-state index contributed by atoms with van der Waals surface area (Å²) in [6.07, 6.45) is 2.73. The average molecular weight is 136 g/mol. The first-order valence-electron chi connectivity index (χ1n) is 4.38. The normalized spacial score (nSPS) is 52.4. The average Bonchev–Trinajstić information content (AvgIpc) is 2.01. The molecule has 0 aromatic heterocycles. The van der Waals surface area contributed by atoms with E-state index in [1.165, 1.54) is 18.4 Å². The monoisotopic (exact) mass is 136 g/mol. The molecule has 0 nitrogen and oxygen atoms in total. The molecular weight excluding hydrogens is 120 g/mol. The van der Waals surface area contributed by atoms with E-state index in [2.05, 4.69) is 20.4 Å². The molecule has 0 radical (unpaired) electrons. The van der Waals surface area contributed by atoms with Crippen molar-refractivity contribution < 1.29 is 0 Å². The smallest absolute Gasteiger partial charge is 0.0170 e. The Morgan fingerprint density at radius 3 is 2.40 bits per heavy atom. The second-order valence-corrected chi connectivity index (χ2v) is 4.24. The van der Waals surface area contributed by atoms with Crippen LogP contribution in [0.1, 0.15) is 26.7 Å². The standard InChI is InChI=1S/C10H16/c1-6-4-7(2)10-8(3)5-9(6)10/h7-10H,1,4-5H2,2-3H3. The Kier molecular flexibility index (Phi) is 1.21. The molecule has 56 valence electrons. The summed E-state index contributed by atoms with van der Waals surface area (Å²) in [7, 11) is 0. The lowest BCUT2D eigenvalue weighted by atomic mass is 9.64. The van der Waals surface area contributed by atoms with Crippen LogP contribution in [0.15, 0.2) is 12.2 Å². The van der Waals surface area contributed by atoms with Crippen LogP contribution in [0.5, 0.6) is 0 Å². The van der Waals surface area contributed by atoms with E-state index in [1.54, 1.807) is 0 Å². The SMILES string of the molecule is C=C1CC(C)C2C(C)CC12. The van der Waals surface area contributed by atoms with Crippen LogP contribution < -0.4 is 0 Å². The number of rotatable bonds is 0. The van der Waals surface area contributed by atoms with Gasteiger partial charge in [-0.3, -0.25) is 0 Å². The van der Waals surface area contributed by atoms with Gasteiger partial charge >= 0.3 is 0 Å². The lowest BCUT2D eigenvalue weighted by Crippen LogP contribution is -2.33. The number of hydrogen-bond acceptors (Lipinski definition) is 0. The first-order valence-corrected chi connectivity index (χ1v) is 4.38. The van der Waals surface area contributed by atoms with Crippen molar-refractivity contribution >= 4 is 0 Å². The van der Waals surface area contributed by atoms with Crippen molar-refractivity contribution in [2.45, 2.75) is 26.7 Å². The third-order valence-electron chi connectivity index (χ3n) is 3.51. The lowest BCUT2D eigenvalue weighted by Gasteiger charge is -2.40. The zero-order valence-corrected chi connectivity index (χ0v) is 6.93. The van der Waals surface area contributed by atoms with Crippen LogP contribution in [-0.2, 0) is 0 Å². The maximum absolute atomic E-state index is 4.12. The van der Waals surface area contributed by atoms with Crippen molar-refractivity contribution in [3.63, 3.8) is 0 Å². The molecule has 0 bridgehead atoms. The largest absolute Gasteiger partial charge is 0.0996 e. The van der Waals surface area contributed by atoms with E-state index in [-0.39, 0.29) is 0 Å². The molecule has 0 saturated heterocycles. The van der Waals surface area contributed by atoms with Gasteiger partial charge in [0.25, 0.3) is 0 Å². The summed E-state index contributed by atoms with van der Waals surface area (Å²) in [5, 5.41) is 0. The molecule has 2 fully saturated rings. The van der Waals surface area contributed by atoms with Gasteiger partial charge in [0.15, 0.2) is 0 Å². The van der Waals surface area contributed by atoms with E-state index in [4.69, 9.17) is 0 Å². The molecule has 4 atom stereocenters. The van der Waals surface area contributed by atoms with E-state index < -0.39 is 0 Å². The van der Waals surface area contributed by atoms with Crippen molar-refractivity contribution in [3.05, 3.63) is 12.2 Å². The van der Waals surface area contributed by atoms with Crippen LogP contribution in [0.25, 0.3) is 0 Å². The van der Waals surface area contributed by atoms with Crippen LogP contribution in [0.4, 0.5) is 0 Å². The Morgan fingerprint density at radius 2 is 2.00 bits per heavy atom. The highest BCUT2D eigenvalue weighted by Crippen LogP contribution is 2.55. The fourth-order valence-corrected chi connectivity index (χ4v) is 3.01. The van der Waals surface area contributed by atoms with Crippen LogP contribution >= 0.6 is 0 Å². The molecule has 2 aliphatic rings. The number of fused-ring (bicyclic) bond motifs is 1. The zero-order valence-electron chi connectivity index (χ0n) is 6.93. The van der Waals surface area contributed by atoms with Crippen molar-refractivity contribution in [2.24, 2.45) is 23.7 Å². The molecule has 10 heavy (non-hydrogen) atoms. The van der Waals surface area contributed by atoms with Gasteiger partial charge in [0.05, 0.1) is 0 Å². The van der Waals surface area contributed by atoms with Crippen LogP contribution in [-0.4, -0.2) is 0 Å². The molecule has 0 amide bonds. The summed E-state index contributed by atoms with van der Waals surface area (Å²) in [4.78, 5) is 0. The molecule has 0 aromatic rings. The summed E-state index contributed by atoms with van der Waals surface area (Å²) in [5.41, 5.74) is 1.54. The van der Waals surface area contributed by atoms with Gasteiger partial charge in [-0.25, -0.2) is 0 Å². The molecule has 2 rings (SSSR count). The molecule has 0 aliphatic heterocycles. The fourth-order valence-electron chi connectivity index (χ4n) is 3.01. The first-order chi connectivity index (χ1) is 4.70. The van der Waals surface area contributed by atoms with Gasteiger partial charge in [0, 0.05) is 0 Å². The minimum absolute atomic E-state index is 0.921. The van der Waals surface area contributed by atoms with Gasteiger partial charge in [-0.1, -0.05) is 26.0 Å². The lowest BCUT2D eigenvalue weighted by molar-refractivity contribution is 0.104. The summed E-state index contributed by atoms with van der Waals surface area (Å²) >= 11 is 0. The Labute approximate surface area is 63.3 Å². The third kappa shape index (κ3) is 0.624. The summed E-state index contributed by atoms with van der Waals surface area (Å²) < 4.78 is 0. The molecule has 4 unspecified atom stereocenters. The molecule has 0 N–H and O–H groups in total. The molecule has 0 heterocycles. The highest BCUT2D eigenvalue weighted by atomic mass is 14.5. The maximum Gasteiger partial charge on any atom is -0.0170 e. The zero-order chi connectivity index (χ0) is 7.30. The minimum Gasteiger partial charge on any atom is -0.0996 e. The van der Waals surface area contributed by atoms with Gasteiger partial charge < -0.3 is 0 Å². The molecule has 0 spiro atoms. The second-order valence-electron chi connectivity index (χ2n) is 4.24. The second kappa shape index (κ2) is 1.87. The van der Waals surface area contributed by atoms with E-state index in [9.17, 15) is 0 Å². The molecular formula is C10H16. The van der Waals surface area contributed by atoms with E-state index >= 15 is 0 Å². The van der Waals surface area contributed by atoms with Gasteiger partial charge in [0.2, 0.25) is 0 Å². The van der Waals surface area contributed by atoms with Crippen molar-refractivity contribution in [1.29, 1.82) is 0 Å². The van der Waals surface area contributed by atoms with Gasteiger partial charge in [-0.15, -0.1) is 0 Å². The highest BCUT2D eigenvalue weighted by molar-refractivity contribution is 5.17. The summed E-state index contributed by atoms with van der Waals surface area (Å²) in [6, 6.07) is 0. The fraction of sp³-hybridized carbons (Fsp3) is 0.800. The van der Waals surface area contributed by atoms with Crippen LogP contribution in [0, 0.1) is 23.7 Å². The number of allylic oxidation sites excluding steroid dienone is 1. The van der Waals surface area contributed by atoms with Crippen molar-refractivity contribution in [1.82, 2.24) is 0 Å². The summed E-state index contributed by atoms with van der Waals surface area (Å²) in [5.74, 6) is 3.85. The number of hydrogen-bond donors (Lipinski definition) is 0. The first kappa shape index (κ1) is 6.45.